The Morgan fingerprint density at radius 3 is 1.38 bits per heavy atom. The molecule has 32 nitrogen and oxygen atoms in total. The van der Waals surface area contributed by atoms with Crippen molar-refractivity contribution in [1.82, 2.24) is 16.0 Å². The van der Waals surface area contributed by atoms with Crippen LogP contribution in [0.4, 0.5) is 0 Å². The topological polar surface area (TPSA) is 461 Å². The van der Waals surface area contributed by atoms with E-state index >= 15 is 0 Å². The Morgan fingerprint density at radius 1 is 0.445 bits per heavy atom. The number of nitrogens with one attached hydrogen (secondary N) is 3. The highest BCUT2D eigenvalue weighted by Crippen LogP contribution is 2.48. The van der Waals surface area contributed by atoms with Gasteiger partial charge in [-0.1, -0.05) is 141 Å². The molecule has 110 heavy (non-hydrogen) atoms. The summed E-state index contributed by atoms with van der Waals surface area (Å²) in [7, 11) is -3.16. The molecule has 33 heteroatoms. The highest BCUT2D eigenvalue weighted by Gasteiger charge is 2.56. The standard InChI is InChI=1S/C77H138N3O29P/c1-7-9-11-13-15-17-19-21-23-25-27-29-31-33-35-42-60(86)99-50-55(104-61(87)43-36-34-32-30-28-26-24-22-20-18-16-14-12-10-8-2)51-101-110(96,97-6)100-47-45-79-59(85)41-38-37-40-58(84)78-44-39-46-98-74-62(80-54(5)83)72(71(57(49-82)106-74)107-75-69(94)66(91)63(88)52(3)102-75)108-77-73(68(93)65(90)56(48-81)105-77)109-76-70(95)67(92)64(89)53(4)103-76/h21-24,52-53,55-57,62-77,81-82,88-95H,7-20,25-51H2,1-6H3,(H,78,84)(H,79,85)(H,80,83)/b23-21+,24-22+/t52?,53?,55-,56?,57?,62?,63-,64-,65+,66?,67+,68+,69+,70?,71-,72-,73?,74-,75+,76+,77+,110?/m1/s1. The molecule has 0 aromatic heterocycles. The zero-order valence-electron chi connectivity index (χ0n) is 66.1. The second-order valence-corrected chi connectivity index (χ2v) is 31.0. The number of ether oxygens (including phenoxy) is 10. The van der Waals surface area contributed by atoms with Crippen molar-refractivity contribution in [2.24, 2.45) is 0 Å². The average molecular weight is 1600 g/mol. The van der Waals surface area contributed by atoms with Gasteiger partial charge in [0, 0.05) is 52.8 Å². The minimum Gasteiger partial charge on any atom is -0.462 e. The first-order valence-corrected chi connectivity index (χ1v) is 42.1. The second-order valence-electron chi connectivity index (χ2n) is 29.2. The Labute approximate surface area is 650 Å². The number of unbranched alkanes of at least 4 members (excludes halogenated alkanes) is 23. The van der Waals surface area contributed by atoms with Gasteiger partial charge in [-0.2, -0.15) is 0 Å². The SMILES string of the molecule is CCCCCCCC/C=C/CCCCCCCC(=O)OC[C@H](COP(=O)(OC)OCCNC(=O)CCCCC(=O)NCCCO[C@@H]1OC(CO)[C@@H](O[C@@H]2OC(C)[C@@H](O)C(O)[C@@H]2O)[C@H](O[C@@H]2OC(CO)[C@H](O)[C@H](O)C2O[C@@H]2OC(C)[C@@H](O)[C@H](O)C2O)C1NC(C)=O)OC(=O)CCCCCCC/C=C/CCCCCCCC. The summed E-state index contributed by atoms with van der Waals surface area (Å²) in [5.74, 6) is -2.43. The van der Waals surface area contributed by atoms with Crippen molar-refractivity contribution < 1.29 is 141 Å². The molecule has 0 aromatic carbocycles. The summed E-state index contributed by atoms with van der Waals surface area (Å²) in [4.78, 5) is 64.8. The van der Waals surface area contributed by atoms with Crippen LogP contribution in [0.3, 0.4) is 0 Å². The van der Waals surface area contributed by atoms with Crippen LogP contribution in [0.1, 0.15) is 247 Å². The van der Waals surface area contributed by atoms with Gasteiger partial charge in [-0.3, -0.25) is 37.5 Å². The van der Waals surface area contributed by atoms with Crippen LogP contribution in [0, 0.1) is 0 Å². The highest BCUT2D eigenvalue weighted by molar-refractivity contribution is 7.48. The summed E-state index contributed by atoms with van der Waals surface area (Å²) in [5, 5.41) is 116. The van der Waals surface area contributed by atoms with Crippen LogP contribution in [0.25, 0.3) is 0 Å². The molecule has 4 heterocycles. The molecular weight excluding hydrogens is 1460 g/mol. The number of hydrogen-bond donors (Lipinski definition) is 13. The molecule has 640 valence electrons. The molecule has 0 aromatic rings. The van der Waals surface area contributed by atoms with Gasteiger partial charge in [0.1, 0.15) is 92.0 Å². The molecule has 22 atom stereocenters. The number of allylic oxidation sites excluding steroid dienone is 4. The van der Waals surface area contributed by atoms with Gasteiger partial charge in [-0.05, 0) is 97.3 Å². The summed E-state index contributed by atoms with van der Waals surface area (Å²) >= 11 is 0. The van der Waals surface area contributed by atoms with Crippen LogP contribution in [0.2, 0.25) is 0 Å². The highest BCUT2D eigenvalue weighted by atomic mass is 31.2. The number of carbonyl (C=O) groups is 5. The Morgan fingerprint density at radius 2 is 0.891 bits per heavy atom. The number of hydrogen-bond acceptors (Lipinski definition) is 29. The lowest BCUT2D eigenvalue weighted by Gasteiger charge is -2.51. The van der Waals surface area contributed by atoms with Crippen LogP contribution in [0.5, 0.6) is 0 Å². The van der Waals surface area contributed by atoms with Crippen LogP contribution in [0.15, 0.2) is 24.3 Å². The lowest BCUT2D eigenvalue weighted by molar-refractivity contribution is -0.391. The van der Waals surface area contributed by atoms with Crippen molar-refractivity contribution >= 4 is 37.5 Å². The van der Waals surface area contributed by atoms with E-state index < -0.39 is 174 Å². The van der Waals surface area contributed by atoms with Crippen LogP contribution in [-0.4, -0.2) is 269 Å². The van der Waals surface area contributed by atoms with E-state index in [-0.39, 0.29) is 76.8 Å². The van der Waals surface area contributed by atoms with E-state index in [0.717, 1.165) is 91.1 Å². The summed E-state index contributed by atoms with van der Waals surface area (Å²) in [6.07, 6.45) is 5.95. The van der Waals surface area contributed by atoms with E-state index in [4.69, 9.17) is 60.9 Å². The van der Waals surface area contributed by atoms with Crippen molar-refractivity contribution in [2.75, 3.05) is 59.8 Å². The van der Waals surface area contributed by atoms with E-state index in [1.165, 1.54) is 90.9 Å². The quantitative estimate of drug-likeness (QED) is 0.0144. The molecule has 0 bridgehead atoms. The fourth-order valence-corrected chi connectivity index (χ4v) is 14.1. The molecule has 0 radical (unpaired) electrons. The summed E-state index contributed by atoms with van der Waals surface area (Å²) in [6.45, 7) is 5.21. The third-order valence-corrected chi connectivity index (χ3v) is 21.2. The Bertz CT molecular complexity index is 2600. The maximum Gasteiger partial charge on any atom is 0.474 e. The minimum absolute atomic E-state index is 0.0257. The van der Waals surface area contributed by atoms with Gasteiger partial charge in [-0.15, -0.1) is 0 Å². The van der Waals surface area contributed by atoms with Crippen LogP contribution in [-0.2, 0) is 89.5 Å². The number of esters is 2. The Balaban J connectivity index is 1.24. The zero-order valence-corrected chi connectivity index (χ0v) is 67.0. The van der Waals surface area contributed by atoms with E-state index in [9.17, 15) is 79.6 Å². The van der Waals surface area contributed by atoms with Gasteiger partial charge >= 0.3 is 19.8 Å². The second kappa shape index (κ2) is 57.3. The van der Waals surface area contributed by atoms with Gasteiger partial charge in [0.2, 0.25) is 17.7 Å². The monoisotopic (exact) mass is 1600 g/mol. The van der Waals surface area contributed by atoms with Crippen molar-refractivity contribution in [3.05, 3.63) is 24.3 Å². The molecule has 4 rings (SSSR count). The number of amides is 3. The summed E-state index contributed by atoms with van der Waals surface area (Å²) in [6, 6.07) is -1.49. The molecule has 0 aliphatic carbocycles. The van der Waals surface area contributed by atoms with Gasteiger partial charge in [0.25, 0.3) is 0 Å². The number of phosphoric acid groups is 1. The first-order chi connectivity index (χ1) is 52.9. The van der Waals surface area contributed by atoms with Crippen molar-refractivity contribution in [3.63, 3.8) is 0 Å². The van der Waals surface area contributed by atoms with E-state index in [1.54, 1.807) is 0 Å². The fraction of sp³-hybridized carbons (Fsp3) is 0.883. The number of aliphatic hydroxyl groups is 10. The Kier molecular flexibility index (Phi) is 51.4. The lowest BCUT2D eigenvalue weighted by Crippen LogP contribution is -2.70. The van der Waals surface area contributed by atoms with Crippen molar-refractivity contribution in [2.45, 2.75) is 375 Å². The van der Waals surface area contributed by atoms with Gasteiger partial charge in [0.05, 0.1) is 45.2 Å². The maximum absolute atomic E-state index is 13.6. The number of aliphatic hydroxyl groups excluding tert-OH is 10. The van der Waals surface area contributed by atoms with Crippen molar-refractivity contribution in [3.8, 4) is 0 Å². The zero-order chi connectivity index (χ0) is 80.6. The average Bonchev–Trinajstić information content (AvgIpc) is 0.765. The summed E-state index contributed by atoms with van der Waals surface area (Å²) in [5.41, 5.74) is 0. The van der Waals surface area contributed by atoms with E-state index in [2.05, 4.69) is 54.1 Å². The predicted octanol–water partition coefficient (Wildman–Crippen LogP) is 5.98. The molecule has 0 saturated carbocycles. The molecule has 3 amide bonds. The maximum atomic E-state index is 13.6. The van der Waals surface area contributed by atoms with Crippen LogP contribution >= 0.6 is 7.82 Å². The molecule has 0 spiro atoms. The van der Waals surface area contributed by atoms with Gasteiger partial charge in [-0.25, -0.2) is 4.57 Å². The molecule has 4 aliphatic heterocycles. The largest absolute Gasteiger partial charge is 0.474 e. The number of rotatable bonds is 60. The third-order valence-electron chi connectivity index (χ3n) is 19.8. The van der Waals surface area contributed by atoms with Gasteiger partial charge in [0.15, 0.2) is 31.3 Å². The summed E-state index contributed by atoms with van der Waals surface area (Å²) < 4.78 is 89.1. The number of carbonyl (C=O) groups excluding carboxylic acids is 5. The fourth-order valence-electron chi connectivity index (χ4n) is 13.1. The van der Waals surface area contributed by atoms with Crippen LogP contribution < -0.4 is 16.0 Å². The molecular formula is C77H138N3O29P. The third kappa shape index (κ3) is 37.9. The molecule has 4 fully saturated rings. The van der Waals surface area contributed by atoms with Gasteiger partial charge < -0.3 is 114 Å². The minimum atomic E-state index is -4.27. The molecule has 4 aliphatic rings. The molecule has 9 unspecified atom stereocenters. The first kappa shape index (κ1) is 98.6. The smallest absolute Gasteiger partial charge is 0.462 e. The number of phosphoric ester groups is 1. The van der Waals surface area contributed by atoms with E-state index in [0.29, 0.717) is 25.7 Å². The first-order valence-electron chi connectivity index (χ1n) is 40.7. The molecule has 13 N–H and O–H groups in total. The Hall–Kier alpha value is -3.78. The lowest BCUT2D eigenvalue weighted by atomic mass is 9.94. The van der Waals surface area contributed by atoms with Crippen molar-refractivity contribution in [1.29, 1.82) is 0 Å². The van der Waals surface area contributed by atoms with E-state index in [1.807, 2.05) is 0 Å². The predicted molar refractivity (Wildman–Crippen MR) is 402 cm³/mol. The normalized spacial score (nSPS) is 29.4. The molecule has 4 saturated heterocycles.